The molecule has 0 radical (unpaired) electrons. The van der Waals surface area contributed by atoms with Crippen LogP contribution < -0.4 is 5.32 Å². The largest absolute Gasteiger partial charge is 0.447 e. The van der Waals surface area contributed by atoms with Gasteiger partial charge in [-0.05, 0) is 50.1 Å². The monoisotopic (exact) mass is 292 g/mol. The van der Waals surface area contributed by atoms with Gasteiger partial charge in [0.1, 0.15) is 6.61 Å². The Labute approximate surface area is 131 Å². The van der Waals surface area contributed by atoms with E-state index >= 15 is 0 Å². The molecule has 1 aromatic carbocycles. The second kappa shape index (κ2) is 5.77. The van der Waals surface area contributed by atoms with Gasteiger partial charge in [-0.25, -0.2) is 4.79 Å². The number of nitrogens with one attached hydrogen (secondary N) is 2. The van der Waals surface area contributed by atoms with E-state index in [4.69, 9.17) is 11.6 Å². The van der Waals surface area contributed by atoms with E-state index in [1.54, 1.807) is 19.0 Å². The Kier molecular flexibility index (Phi) is 2.50. The third kappa shape index (κ3) is 3.19. The Morgan fingerprint density at radius 2 is 2.38 bits per heavy atom. The van der Waals surface area contributed by atoms with Gasteiger partial charge in [-0.3, -0.25) is 0 Å². The molecule has 1 aliphatic rings. The van der Waals surface area contributed by atoms with Gasteiger partial charge in [0.25, 0.3) is 0 Å². The third-order valence-electron chi connectivity index (χ3n) is 3.27. The zero-order valence-electron chi connectivity index (χ0n) is 17.0. The lowest BCUT2D eigenvalue weighted by molar-refractivity contribution is 0.177. The number of ether oxygens (including phenoxy) is 1. The van der Waals surface area contributed by atoms with Crippen molar-refractivity contribution in [2.24, 2.45) is 0 Å². The molecule has 0 aliphatic carbocycles. The highest BCUT2D eigenvalue weighted by Crippen LogP contribution is 2.21. The molecular weight excluding hydrogens is 266 g/mol. The molecule has 0 unspecified atom stereocenters. The first-order valence-electron chi connectivity index (χ1n) is 9.30. The highest BCUT2D eigenvalue weighted by Gasteiger charge is 2.22. The number of carbonyl (C=O) groups excluding carboxylic acids is 1. The number of cyclic esters (lactones) is 1. The molecule has 3 rings (SSSR count). The highest BCUT2D eigenvalue weighted by molar-refractivity contribution is 5.84. The van der Waals surface area contributed by atoms with E-state index < -0.39 is 12.5 Å². The average Bonchev–Trinajstić information content (AvgIpc) is 3.15. The highest BCUT2D eigenvalue weighted by atomic mass is 16.6. The lowest BCUT2D eigenvalue weighted by Gasteiger charge is -2.09. The van der Waals surface area contributed by atoms with E-state index in [0.29, 0.717) is 16.5 Å². The molecule has 21 heavy (non-hydrogen) atoms. The molecule has 5 heteroatoms. The molecule has 2 heterocycles. The van der Waals surface area contributed by atoms with Crippen LogP contribution in [-0.2, 0) is 17.5 Å². The molecule has 1 saturated heterocycles. The van der Waals surface area contributed by atoms with Crippen LogP contribution in [0.1, 0.15) is 18.0 Å². The van der Waals surface area contributed by atoms with Gasteiger partial charge in [0.2, 0.25) is 0 Å². The normalized spacial score (nSPS) is 22.3. The summed E-state index contributed by atoms with van der Waals surface area (Å²) >= 11 is 0. The van der Waals surface area contributed by atoms with Crippen molar-refractivity contribution in [1.29, 1.82) is 0 Å². The molecule has 1 aliphatic heterocycles. The summed E-state index contributed by atoms with van der Waals surface area (Å²) in [7, 11) is 3.53. The van der Waals surface area contributed by atoms with Crippen LogP contribution in [0.2, 0.25) is 0 Å². The van der Waals surface area contributed by atoms with E-state index in [0.717, 1.165) is 0 Å². The van der Waals surface area contributed by atoms with Crippen LogP contribution in [0.3, 0.4) is 0 Å². The first-order chi connectivity index (χ1) is 12.1. The number of aromatic nitrogens is 1. The molecule has 1 amide bonds. The summed E-state index contributed by atoms with van der Waals surface area (Å²) in [5.41, 5.74) is 0.889. The van der Waals surface area contributed by atoms with Crippen LogP contribution in [0.25, 0.3) is 10.9 Å². The molecule has 2 aromatic rings. The van der Waals surface area contributed by atoms with Crippen molar-refractivity contribution in [3.8, 4) is 0 Å². The lowest BCUT2D eigenvalue weighted by Crippen LogP contribution is -2.28. The number of carbonyl (C=O) groups is 1. The lowest BCUT2D eigenvalue weighted by atomic mass is 10.0. The number of fused-ring (bicyclic) bond motifs is 1. The summed E-state index contributed by atoms with van der Waals surface area (Å²) in [6.45, 7) is 0.266. The standard InChI is InChI=1S/C16H21N3O2/c1-19(2)6-5-12-9-17-15-4-3-11(8-14(12)15)7-13-10-21-16(20)18-13/h3-4,8-9,13,17H,5-7,10H2,1-2H3,(H,18,20)/t13-/m0/s1/i3D,4D,5D2,8D. The van der Waals surface area contributed by atoms with Gasteiger partial charge >= 0.3 is 6.09 Å². The van der Waals surface area contributed by atoms with Gasteiger partial charge in [0, 0.05) is 26.4 Å². The number of amides is 1. The smallest absolute Gasteiger partial charge is 0.407 e. The van der Waals surface area contributed by atoms with E-state index in [2.05, 4.69) is 10.3 Å². The summed E-state index contributed by atoms with van der Waals surface area (Å²) in [6, 6.07) is -0.525. The quantitative estimate of drug-likeness (QED) is 0.885. The Bertz CT molecular complexity index is 865. The SMILES string of the molecule is [2H]c1c(C[C@H]2COC(=O)N2)c([2H])c2c(C([2H])([2H])CN(C)C)c[nH]c2c1[2H]. The van der Waals surface area contributed by atoms with Crippen LogP contribution in [0, 0.1) is 0 Å². The van der Waals surface area contributed by atoms with E-state index in [1.165, 1.54) is 6.20 Å². The van der Waals surface area contributed by atoms with Crippen molar-refractivity contribution in [3.05, 3.63) is 35.5 Å². The van der Waals surface area contributed by atoms with Gasteiger partial charge < -0.3 is 19.9 Å². The Hall–Kier alpha value is -2.01. The Morgan fingerprint density at radius 1 is 1.52 bits per heavy atom. The summed E-state index contributed by atoms with van der Waals surface area (Å²) in [4.78, 5) is 15.8. The Balaban J connectivity index is 2.12. The number of hydrogen-bond donors (Lipinski definition) is 2. The second-order valence-electron chi connectivity index (χ2n) is 5.36. The molecule has 1 aromatic heterocycles. The topological polar surface area (TPSA) is 57.4 Å². The number of nitrogens with zero attached hydrogens (tertiary/aromatic N) is 1. The number of rotatable bonds is 5. The van der Waals surface area contributed by atoms with Crippen molar-refractivity contribution >= 4 is 17.0 Å². The summed E-state index contributed by atoms with van der Waals surface area (Å²) < 4.78 is 46.6. The fraction of sp³-hybridized carbons (Fsp3) is 0.438. The first-order valence-corrected chi connectivity index (χ1v) is 6.80. The second-order valence-corrected chi connectivity index (χ2v) is 5.36. The maximum atomic E-state index is 11.2. The van der Waals surface area contributed by atoms with E-state index in [1.807, 2.05) is 0 Å². The molecule has 0 bridgehead atoms. The molecule has 5 nitrogen and oxygen atoms in total. The zero-order chi connectivity index (χ0) is 19.2. The van der Waals surface area contributed by atoms with Gasteiger partial charge in [0.15, 0.2) is 0 Å². The molecule has 112 valence electrons. The summed E-state index contributed by atoms with van der Waals surface area (Å²) in [5.74, 6) is 0. The summed E-state index contributed by atoms with van der Waals surface area (Å²) in [5, 5.41) is 2.93. The Morgan fingerprint density at radius 3 is 3.10 bits per heavy atom. The molecular formula is C16H21N3O2. The number of likely N-dealkylation sites (N-methyl/N-ethyl adjacent to an activating group) is 1. The predicted octanol–water partition coefficient (Wildman–Crippen LogP) is 1.92. The van der Waals surface area contributed by atoms with Crippen molar-refractivity contribution in [1.82, 2.24) is 15.2 Å². The number of benzene rings is 1. The molecule has 0 saturated carbocycles. The molecule has 0 spiro atoms. The first kappa shape index (κ1) is 9.10. The summed E-state index contributed by atoms with van der Waals surface area (Å²) in [6.07, 6.45) is -0.597. The van der Waals surface area contributed by atoms with Crippen LogP contribution in [-0.4, -0.2) is 49.3 Å². The fourth-order valence-corrected chi connectivity index (χ4v) is 2.24. The van der Waals surface area contributed by atoms with Crippen molar-refractivity contribution in [3.63, 3.8) is 0 Å². The maximum Gasteiger partial charge on any atom is 0.407 e. The number of H-pyrrole nitrogens is 1. The van der Waals surface area contributed by atoms with Gasteiger partial charge in [0.05, 0.1) is 10.2 Å². The van der Waals surface area contributed by atoms with Gasteiger partial charge in [-0.1, -0.05) is 6.04 Å². The van der Waals surface area contributed by atoms with Crippen LogP contribution in [0.5, 0.6) is 0 Å². The zero-order valence-corrected chi connectivity index (χ0v) is 12.0. The minimum atomic E-state index is -1.73. The number of aromatic amines is 1. The number of hydrogen-bond acceptors (Lipinski definition) is 3. The van der Waals surface area contributed by atoms with Crippen LogP contribution in [0.15, 0.2) is 24.3 Å². The van der Waals surface area contributed by atoms with Crippen molar-refractivity contribution in [2.75, 3.05) is 27.2 Å². The number of alkyl carbamates (subject to hydrolysis) is 1. The van der Waals surface area contributed by atoms with Crippen molar-refractivity contribution in [2.45, 2.75) is 18.8 Å². The predicted molar refractivity (Wildman–Crippen MR) is 82.5 cm³/mol. The molecule has 2 N–H and O–H groups in total. The molecule has 1 atom stereocenters. The van der Waals surface area contributed by atoms with Crippen LogP contribution in [0.4, 0.5) is 4.79 Å². The van der Waals surface area contributed by atoms with E-state index in [9.17, 15) is 4.79 Å². The van der Waals surface area contributed by atoms with Crippen LogP contribution >= 0.6 is 0 Å². The maximum absolute atomic E-state index is 11.2. The average molecular weight is 292 g/mol. The van der Waals surface area contributed by atoms with Crippen molar-refractivity contribution < 1.29 is 16.4 Å². The van der Waals surface area contributed by atoms with Gasteiger partial charge in [-0.2, -0.15) is 0 Å². The fourth-order valence-electron chi connectivity index (χ4n) is 2.24. The van der Waals surface area contributed by atoms with E-state index in [-0.39, 0.29) is 49.3 Å². The molecule has 1 fully saturated rings. The minimum Gasteiger partial charge on any atom is -0.447 e. The van der Waals surface area contributed by atoms with Gasteiger partial charge in [-0.15, -0.1) is 0 Å². The third-order valence-corrected chi connectivity index (χ3v) is 3.27. The minimum absolute atomic E-state index is 0.0148.